The summed E-state index contributed by atoms with van der Waals surface area (Å²) in [7, 11) is 1.66. The highest BCUT2D eigenvalue weighted by molar-refractivity contribution is 5.96. The van der Waals surface area contributed by atoms with Crippen molar-refractivity contribution in [1.29, 1.82) is 5.41 Å². The highest BCUT2D eigenvalue weighted by Crippen LogP contribution is 2.34. The quantitative estimate of drug-likeness (QED) is 0.342. The fraction of sp³-hybridized carbons (Fsp3) is 0.704. The van der Waals surface area contributed by atoms with Gasteiger partial charge in [0.25, 0.3) is 0 Å². The Morgan fingerprint density at radius 2 is 1.71 bits per heavy atom. The van der Waals surface area contributed by atoms with Crippen molar-refractivity contribution in [3.05, 3.63) is 29.8 Å². The van der Waals surface area contributed by atoms with Crippen molar-refractivity contribution >= 4 is 11.7 Å². The van der Waals surface area contributed by atoms with Crippen LogP contribution in [-0.4, -0.2) is 23.8 Å². The second kappa shape index (κ2) is 12.3. The summed E-state index contributed by atoms with van der Waals surface area (Å²) in [6, 6.07) is 7.87. The third-order valence-corrected chi connectivity index (χ3v) is 7.49. The number of nitrogens with one attached hydrogen (secondary N) is 1. The van der Waals surface area contributed by atoms with Crippen molar-refractivity contribution in [2.75, 3.05) is 7.11 Å². The van der Waals surface area contributed by atoms with Crippen molar-refractivity contribution in [3.63, 3.8) is 0 Å². The Balaban J connectivity index is 1.70. The minimum absolute atomic E-state index is 0.0518. The molecule has 0 radical (unpaired) electrons. The van der Waals surface area contributed by atoms with Gasteiger partial charge in [-0.2, -0.15) is 0 Å². The third-order valence-electron chi connectivity index (χ3n) is 7.49. The molecule has 0 bridgehead atoms. The molecule has 2 fully saturated rings. The number of ether oxygens (including phenoxy) is 1. The van der Waals surface area contributed by atoms with Gasteiger partial charge >= 0.3 is 0 Å². The van der Waals surface area contributed by atoms with E-state index < -0.39 is 0 Å². The summed E-state index contributed by atoms with van der Waals surface area (Å²) in [5.74, 6) is 2.83. The van der Waals surface area contributed by atoms with Gasteiger partial charge in [-0.15, -0.1) is 0 Å². The lowest BCUT2D eigenvalue weighted by Gasteiger charge is -2.31. The van der Waals surface area contributed by atoms with Gasteiger partial charge < -0.3 is 4.74 Å². The average molecular weight is 427 g/mol. The van der Waals surface area contributed by atoms with Gasteiger partial charge in [-0.05, 0) is 55.7 Å². The number of carbonyl (C=O) groups excluding carboxylic acids is 1. The van der Waals surface area contributed by atoms with Crippen LogP contribution >= 0.6 is 0 Å². The number of benzene rings is 1. The highest BCUT2D eigenvalue weighted by Gasteiger charge is 2.30. The number of amides is 1. The maximum atomic E-state index is 13.7. The molecule has 4 nitrogen and oxygen atoms in total. The molecular weight excluding hydrogens is 384 g/mol. The first kappa shape index (κ1) is 23.8. The molecule has 3 rings (SSSR count). The molecule has 31 heavy (non-hydrogen) atoms. The van der Waals surface area contributed by atoms with E-state index in [9.17, 15) is 4.79 Å². The maximum absolute atomic E-state index is 13.7. The van der Waals surface area contributed by atoms with E-state index >= 15 is 0 Å². The fourth-order valence-electron chi connectivity index (χ4n) is 5.62. The number of rotatable bonds is 9. The van der Waals surface area contributed by atoms with E-state index in [1.165, 1.54) is 70.6 Å². The Kier molecular flexibility index (Phi) is 9.42. The number of methoxy groups -OCH3 is 1. The Hall–Kier alpha value is -1.84. The van der Waals surface area contributed by atoms with Crippen molar-refractivity contribution in [2.24, 2.45) is 17.8 Å². The number of hydrogen-bond acceptors (Lipinski definition) is 3. The maximum Gasteiger partial charge on any atom is 0.231 e. The summed E-state index contributed by atoms with van der Waals surface area (Å²) in [6.07, 6.45) is 16.4. The number of nitrogens with zero attached hydrogens (tertiary/aromatic N) is 1. The van der Waals surface area contributed by atoms with E-state index in [0.717, 1.165) is 30.1 Å². The van der Waals surface area contributed by atoms with Gasteiger partial charge in [0.1, 0.15) is 5.75 Å². The van der Waals surface area contributed by atoms with E-state index in [2.05, 4.69) is 0 Å². The standard InChI is InChI=1S/C27H42N2O2/c1-21(28)29(20-24-14-9-15-26(19-24)31-2)27(30)25(18-23-12-7-4-8-13-23)17-16-22-10-5-3-6-11-22/h9,14-15,19,22-23,25,28H,3-8,10-13,16-18,20H2,1-2H3. The Labute approximate surface area is 189 Å². The molecule has 172 valence electrons. The van der Waals surface area contributed by atoms with Crippen molar-refractivity contribution < 1.29 is 9.53 Å². The predicted octanol–water partition coefficient (Wildman–Crippen LogP) is 6.97. The van der Waals surface area contributed by atoms with Crippen LogP contribution in [0.1, 0.15) is 96.0 Å². The molecule has 0 heterocycles. The molecule has 1 aromatic rings. The summed E-state index contributed by atoms with van der Waals surface area (Å²) < 4.78 is 5.35. The van der Waals surface area contributed by atoms with Crippen molar-refractivity contribution in [1.82, 2.24) is 4.90 Å². The van der Waals surface area contributed by atoms with E-state index in [1.54, 1.807) is 18.9 Å². The number of carbonyl (C=O) groups is 1. The molecule has 2 aliphatic carbocycles. The molecule has 1 atom stereocenters. The predicted molar refractivity (Wildman–Crippen MR) is 127 cm³/mol. The van der Waals surface area contributed by atoms with Crippen LogP contribution in [0.4, 0.5) is 0 Å². The molecule has 4 heteroatoms. The van der Waals surface area contributed by atoms with E-state index in [0.29, 0.717) is 18.3 Å². The zero-order valence-corrected chi connectivity index (χ0v) is 19.7. The molecule has 0 aromatic heterocycles. The third kappa shape index (κ3) is 7.36. The number of amidine groups is 1. The molecule has 1 amide bonds. The molecule has 0 saturated heterocycles. The van der Waals surface area contributed by atoms with E-state index in [1.807, 2.05) is 24.3 Å². The average Bonchev–Trinajstić information content (AvgIpc) is 2.81. The van der Waals surface area contributed by atoms with Gasteiger partial charge in [-0.25, -0.2) is 0 Å². The van der Waals surface area contributed by atoms with Crippen LogP contribution in [0.5, 0.6) is 5.75 Å². The smallest absolute Gasteiger partial charge is 0.231 e. The van der Waals surface area contributed by atoms with Gasteiger partial charge in [0.05, 0.1) is 19.5 Å². The van der Waals surface area contributed by atoms with Crippen LogP contribution in [0.3, 0.4) is 0 Å². The molecular formula is C27H42N2O2. The first-order valence-corrected chi connectivity index (χ1v) is 12.6. The monoisotopic (exact) mass is 426 g/mol. The molecule has 2 aliphatic rings. The SMILES string of the molecule is COc1cccc(CN(C(C)=N)C(=O)C(CCC2CCCCC2)CC2CCCCC2)c1. The highest BCUT2D eigenvalue weighted by atomic mass is 16.5. The van der Waals surface area contributed by atoms with Gasteiger partial charge in [-0.3, -0.25) is 15.1 Å². The Morgan fingerprint density at radius 1 is 1.06 bits per heavy atom. The molecule has 1 N–H and O–H groups in total. The van der Waals surface area contributed by atoms with E-state index in [-0.39, 0.29) is 11.8 Å². The van der Waals surface area contributed by atoms with Crippen molar-refractivity contribution in [3.8, 4) is 5.75 Å². The summed E-state index contributed by atoms with van der Waals surface area (Å²) >= 11 is 0. The minimum atomic E-state index is 0.0518. The summed E-state index contributed by atoms with van der Waals surface area (Å²) in [4.78, 5) is 15.5. The lowest BCUT2D eigenvalue weighted by molar-refractivity contribution is -0.133. The lowest BCUT2D eigenvalue weighted by atomic mass is 9.78. The van der Waals surface area contributed by atoms with Crippen LogP contribution in [0.2, 0.25) is 0 Å². The topological polar surface area (TPSA) is 53.4 Å². The number of hydrogen-bond donors (Lipinski definition) is 1. The molecule has 0 spiro atoms. The second-order valence-corrected chi connectivity index (χ2v) is 9.88. The Morgan fingerprint density at radius 3 is 2.32 bits per heavy atom. The lowest BCUT2D eigenvalue weighted by Crippen LogP contribution is -2.39. The van der Waals surface area contributed by atoms with Crippen LogP contribution in [-0.2, 0) is 11.3 Å². The minimum Gasteiger partial charge on any atom is -0.497 e. The van der Waals surface area contributed by atoms with Crippen LogP contribution in [0, 0.1) is 23.2 Å². The first-order chi connectivity index (χ1) is 15.1. The second-order valence-electron chi connectivity index (χ2n) is 9.88. The van der Waals surface area contributed by atoms with Crippen LogP contribution in [0.15, 0.2) is 24.3 Å². The molecule has 0 aliphatic heterocycles. The van der Waals surface area contributed by atoms with Crippen molar-refractivity contribution in [2.45, 2.75) is 96.9 Å². The normalized spacial score (nSPS) is 19.0. The molecule has 1 unspecified atom stereocenters. The zero-order valence-electron chi connectivity index (χ0n) is 19.7. The van der Waals surface area contributed by atoms with Gasteiger partial charge in [0.2, 0.25) is 5.91 Å². The zero-order chi connectivity index (χ0) is 22.1. The summed E-state index contributed by atoms with van der Waals surface area (Å²) in [5, 5.41) is 8.34. The summed E-state index contributed by atoms with van der Waals surface area (Å²) in [6.45, 7) is 2.20. The van der Waals surface area contributed by atoms with Gasteiger partial charge in [0.15, 0.2) is 0 Å². The largest absolute Gasteiger partial charge is 0.497 e. The van der Waals surface area contributed by atoms with Crippen LogP contribution in [0.25, 0.3) is 0 Å². The fourth-order valence-corrected chi connectivity index (χ4v) is 5.62. The van der Waals surface area contributed by atoms with E-state index in [4.69, 9.17) is 10.1 Å². The Bertz CT molecular complexity index is 705. The molecule has 1 aromatic carbocycles. The van der Waals surface area contributed by atoms with Gasteiger partial charge in [0, 0.05) is 5.92 Å². The molecule has 2 saturated carbocycles. The van der Waals surface area contributed by atoms with Crippen LogP contribution < -0.4 is 4.74 Å². The first-order valence-electron chi connectivity index (χ1n) is 12.6. The van der Waals surface area contributed by atoms with Gasteiger partial charge in [-0.1, -0.05) is 76.3 Å². The summed E-state index contributed by atoms with van der Waals surface area (Å²) in [5.41, 5.74) is 1.02.